The Morgan fingerprint density at radius 2 is 2.00 bits per heavy atom. The molecule has 2 rings (SSSR count). The van der Waals surface area contributed by atoms with Crippen LogP contribution in [0.1, 0.15) is 30.1 Å². The fourth-order valence-corrected chi connectivity index (χ4v) is 3.04. The van der Waals surface area contributed by atoms with Gasteiger partial charge in [-0.15, -0.1) is 0 Å². The molecule has 1 N–H and O–H groups in total. The summed E-state index contributed by atoms with van der Waals surface area (Å²) < 4.78 is 28.7. The lowest BCUT2D eigenvalue weighted by molar-refractivity contribution is -0.141. The Labute approximate surface area is 141 Å². The van der Waals surface area contributed by atoms with Gasteiger partial charge < -0.3 is 14.7 Å². The first-order valence-corrected chi connectivity index (χ1v) is 9.46. The van der Waals surface area contributed by atoms with E-state index < -0.39 is 27.6 Å². The highest BCUT2D eigenvalue weighted by molar-refractivity contribution is 7.90. The van der Waals surface area contributed by atoms with Crippen LogP contribution in [-0.2, 0) is 14.6 Å². The van der Waals surface area contributed by atoms with E-state index in [1.807, 2.05) is 0 Å². The third-order valence-electron chi connectivity index (χ3n) is 3.97. The first kappa shape index (κ1) is 18.3. The number of nitrogens with zero attached hydrogens (tertiary/aromatic N) is 1. The summed E-state index contributed by atoms with van der Waals surface area (Å²) in [5.41, 5.74) is 0.130. The number of carboxylic acids is 1. The minimum absolute atomic E-state index is 0.00843. The van der Waals surface area contributed by atoms with Gasteiger partial charge in [0.2, 0.25) is 0 Å². The molecule has 1 unspecified atom stereocenters. The average Bonchev–Trinajstić information content (AvgIpc) is 3.34. The van der Waals surface area contributed by atoms with Gasteiger partial charge in [-0.2, -0.15) is 0 Å². The maximum Gasteiger partial charge on any atom is 0.308 e. The summed E-state index contributed by atoms with van der Waals surface area (Å²) in [7, 11) is -2.07. The second-order valence-corrected chi connectivity index (χ2v) is 8.08. The molecule has 7 nitrogen and oxygen atoms in total. The van der Waals surface area contributed by atoms with Gasteiger partial charge in [0.05, 0.1) is 23.5 Å². The molecule has 1 saturated carbocycles. The van der Waals surface area contributed by atoms with Crippen LogP contribution in [0.3, 0.4) is 0 Å². The van der Waals surface area contributed by atoms with E-state index >= 15 is 0 Å². The van der Waals surface area contributed by atoms with Crippen molar-refractivity contribution in [1.29, 1.82) is 0 Å². The fraction of sp³-hybridized carbons (Fsp3) is 0.500. The number of carbonyl (C=O) groups excluding carboxylic acids is 1. The lowest BCUT2D eigenvalue weighted by Gasteiger charge is -2.25. The van der Waals surface area contributed by atoms with Crippen LogP contribution in [0.25, 0.3) is 0 Å². The molecule has 0 aromatic heterocycles. The highest BCUT2D eigenvalue weighted by atomic mass is 32.2. The van der Waals surface area contributed by atoms with E-state index in [-0.39, 0.29) is 28.8 Å². The molecule has 0 heterocycles. The Hall–Kier alpha value is -2.09. The maximum absolute atomic E-state index is 12.9. The number of carboxylic acid groups (broad SMARTS) is 1. The van der Waals surface area contributed by atoms with Crippen LogP contribution in [-0.4, -0.2) is 56.3 Å². The Kier molecular flexibility index (Phi) is 5.17. The van der Waals surface area contributed by atoms with Crippen molar-refractivity contribution >= 4 is 21.7 Å². The molecular weight excluding hydrogens is 334 g/mol. The summed E-state index contributed by atoms with van der Waals surface area (Å²) in [5, 5.41) is 9.10. The number of methoxy groups -OCH3 is 1. The first-order valence-electron chi connectivity index (χ1n) is 7.57. The monoisotopic (exact) mass is 355 g/mol. The second-order valence-electron chi connectivity index (χ2n) is 6.06. The Morgan fingerprint density at radius 3 is 2.46 bits per heavy atom. The van der Waals surface area contributed by atoms with Crippen LogP contribution in [0.4, 0.5) is 0 Å². The molecular formula is C16H21NO6S. The number of hydrogen-bond acceptors (Lipinski definition) is 5. The minimum Gasteiger partial charge on any atom is -0.496 e. The molecule has 0 bridgehead atoms. The smallest absolute Gasteiger partial charge is 0.308 e. The molecule has 1 amide bonds. The van der Waals surface area contributed by atoms with Crippen molar-refractivity contribution in [3.05, 3.63) is 23.8 Å². The van der Waals surface area contributed by atoms with E-state index in [2.05, 4.69) is 0 Å². The molecule has 1 atom stereocenters. The number of benzene rings is 1. The van der Waals surface area contributed by atoms with Crippen molar-refractivity contribution in [2.45, 2.75) is 30.7 Å². The van der Waals surface area contributed by atoms with Gasteiger partial charge >= 0.3 is 5.97 Å². The molecule has 1 aliphatic carbocycles. The van der Waals surface area contributed by atoms with Gasteiger partial charge in [0, 0.05) is 18.8 Å². The number of hydrogen-bond donors (Lipinski definition) is 1. The molecule has 1 aliphatic rings. The number of carbonyl (C=O) groups is 2. The molecule has 132 valence electrons. The van der Waals surface area contributed by atoms with E-state index in [1.165, 1.54) is 37.1 Å². The number of rotatable bonds is 7. The van der Waals surface area contributed by atoms with Crippen LogP contribution in [0.2, 0.25) is 0 Å². The van der Waals surface area contributed by atoms with Crippen molar-refractivity contribution in [2.24, 2.45) is 5.92 Å². The molecule has 8 heteroatoms. The summed E-state index contributed by atoms with van der Waals surface area (Å²) >= 11 is 0. The number of amides is 1. The van der Waals surface area contributed by atoms with Gasteiger partial charge in [-0.3, -0.25) is 9.59 Å². The zero-order chi connectivity index (χ0) is 18.1. The molecule has 0 saturated heterocycles. The van der Waals surface area contributed by atoms with Crippen molar-refractivity contribution in [1.82, 2.24) is 4.90 Å². The fourth-order valence-electron chi connectivity index (χ4n) is 2.40. The van der Waals surface area contributed by atoms with Crippen LogP contribution in [0, 0.1) is 5.92 Å². The van der Waals surface area contributed by atoms with E-state index in [1.54, 1.807) is 0 Å². The number of aliphatic carboxylic acids is 1. The maximum atomic E-state index is 12.9. The van der Waals surface area contributed by atoms with Gasteiger partial charge in [-0.25, -0.2) is 8.42 Å². The SMILES string of the molecule is COc1ccc(S(C)(=O)=O)cc1C(=O)N(CC(C)C(=O)O)C1CC1. The summed E-state index contributed by atoms with van der Waals surface area (Å²) in [5.74, 6) is -1.84. The normalized spacial score (nSPS) is 15.6. The van der Waals surface area contributed by atoms with E-state index in [0.717, 1.165) is 19.1 Å². The van der Waals surface area contributed by atoms with Gasteiger partial charge in [0.15, 0.2) is 9.84 Å². The largest absolute Gasteiger partial charge is 0.496 e. The zero-order valence-electron chi connectivity index (χ0n) is 13.9. The molecule has 1 aromatic rings. The minimum atomic E-state index is -3.47. The molecule has 0 aliphatic heterocycles. The number of ether oxygens (including phenoxy) is 1. The zero-order valence-corrected chi connectivity index (χ0v) is 14.7. The predicted molar refractivity (Wildman–Crippen MR) is 87.0 cm³/mol. The van der Waals surface area contributed by atoms with Gasteiger partial charge in [0.1, 0.15) is 5.75 Å². The van der Waals surface area contributed by atoms with Crippen LogP contribution in [0.15, 0.2) is 23.1 Å². The molecule has 0 spiro atoms. The summed E-state index contributed by atoms with van der Waals surface area (Å²) in [4.78, 5) is 25.5. The first-order chi connectivity index (χ1) is 11.1. The second kappa shape index (κ2) is 6.80. The van der Waals surface area contributed by atoms with Gasteiger partial charge in [-0.1, -0.05) is 6.92 Å². The van der Waals surface area contributed by atoms with Crippen molar-refractivity contribution in [2.75, 3.05) is 19.9 Å². The van der Waals surface area contributed by atoms with Crippen molar-refractivity contribution < 1.29 is 27.9 Å². The van der Waals surface area contributed by atoms with Crippen LogP contribution in [0.5, 0.6) is 5.75 Å². The van der Waals surface area contributed by atoms with Crippen LogP contribution >= 0.6 is 0 Å². The molecule has 0 radical (unpaired) electrons. The molecule has 24 heavy (non-hydrogen) atoms. The van der Waals surface area contributed by atoms with E-state index in [0.29, 0.717) is 0 Å². The van der Waals surface area contributed by atoms with Gasteiger partial charge in [-0.05, 0) is 31.0 Å². The summed E-state index contributed by atoms with van der Waals surface area (Å²) in [6.07, 6.45) is 2.69. The highest BCUT2D eigenvalue weighted by Crippen LogP contribution is 2.32. The van der Waals surface area contributed by atoms with E-state index in [9.17, 15) is 18.0 Å². The Morgan fingerprint density at radius 1 is 1.38 bits per heavy atom. The average molecular weight is 355 g/mol. The molecule has 1 aromatic carbocycles. The predicted octanol–water partition coefficient (Wildman–Crippen LogP) is 1.42. The topological polar surface area (TPSA) is 101 Å². The van der Waals surface area contributed by atoms with Crippen molar-refractivity contribution in [3.63, 3.8) is 0 Å². The third-order valence-corrected chi connectivity index (χ3v) is 5.08. The van der Waals surface area contributed by atoms with Gasteiger partial charge in [0.25, 0.3) is 5.91 Å². The Balaban J connectivity index is 2.40. The number of sulfone groups is 1. The van der Waals surface area contributed by atoms with E-state index in [4.69, 9.17) is 9.84 Å². The third kappa shape index (κ3) is 4.05. The molecule has 1 fully saturated rings. The summed E-state index contributed by atoms with van der Waals surface area (Å²) in [6.45, 7) is 1.61. The summed E-state index contributed by atoms with van der Waals surface area (Å²) in [6, 6.07) is 4.10. The lowest BCUT2D eigenvalue weighted by atomic mass is 10.1. The Bertz CT molecular complexity index is 754. The van der Waals surface area contributed by atoms with Crippen LogP contribution < -0.4 is 4.74 Å². The van der Waals surface area contributed by atoms with Crippen molar-refractivity contribution in [3.8, 4) is 5.75 Å². The standard InChI is InChI=1S/C16H21NO6S/c1-10(16(19)20)9-17(11-4-5-11)15(18)13-8-12(24(3,21)22)6-7-14(13)23-2/h6-8,10-11H,4-5,9H2,1-3H3,(H,19,20). The lowest BCUT2D eigenvalue weighted by Crippen LogP contribution is -2.38. The highest BCUT2D eigenvalue weighted by Gasteiger charge is 2.36. The quantitative estimate of drug-likeness (QED) is 0.794.